The quantitative estimate of drug-likeness (QED) is 0.743. The smallest absolute Gasteiger partial charge is 0.275 e. The summed E-state index contributed by atoms with van der Waals surface area (Å²) in [5.41, 5.74) is 0.883. The van der Waals surface area contributed by atoms with Crippen molar-refractivity contribution in [3.05, 3.63) is 77.5 Å². The number of carbonyl (C=O) groups excluding carboxylic acids is 1. The summed E-state index contributed by atoms with van der Waals surface area (Å²) in [6.07, 6.45) is 2.66. The van der Waals surface area contributed by atoms with Crippen molar-refractivity contribution in [3.63, 3.8) is 0 Å². The second-order valence-corrected chi connectivity index (χ2v) is 5.23. The minimum atomic E-state index is -0.437. The molecule has 0 bridgehead atoms. The zero-order valence-electron chi connectivity index (χ0n) is 12.3. The molecule has 0 unspecified atom stereocenters. The van der Waals surface area contributed by atoms with Crippen LogP contribution in [-0.2, 0) is 0 Å². The fourth-order valence-corrected chi connectivity index (χ4v) is 2.14. The van der Waals surface area contributed by atoms with Crippen molar-refractivity contribution < 1.29 is 9.18 Å². The van der Waals surface area contributed by atoms with Crippen molar-refractivity contribution in [2.75, 3.05) is 10.6 Å². The molecule has 3 aromatic rings. The fourth-order valence-electron chi connectivity index (χ4n) is 1.96. The molecule has 0 aliphatic rings. The highest BCUT2D eigenvalue weighted by Crippen LogP contribution is 2.21. The third kappa shape index (κ3) is 3.67. The molecule has 0 aliphatic heterocycles. The number of nitrogens with one attached hydrogen (secondary N) is 2. The molecule has 24 heavy (non-hydrogen) atoms. The van der Waals surface area contributed by atoms with Crippen molar-refractivity contribution in [3.8, 4) is 0 Å². The molecule has 0 radical (unpaired) electrons. The largest absolute Gasteiger partial charge is 0.337 e. The minimum absolute atomic E-state index is 0.119. The maximum absolute atomic E-state index is 13.6. The van der Waals surface area contributed by atoms with Crippen LogP contribution in [0.4, 0.5) is 21.6 Å². The van der Waals surface area contributed by atoms with Crippen LogP contribution in [0, 0.1) is 5.82 Å². The highest BCUT2D eigenvalue weighted by atomic mass is 35.5. The summed E-state index contributed by atoms with van der Waals surface area (Å²) >= 11 is 5.99. The lowest BCUT2D eigenvalue weighted by molar-refractivity contribution is 0.102. The summed E-state index contributed by atoms with van der Waals surface area (Å²) in [6, 6.07) is 13.1. The zero-order chi connectivity index (χ0) is 16.9. The molecule has 120 valence electrons. The molecule has 3 rings (SSSR count). The first-order chi connectivity index (χ1) is 11.6. The number of carbonyl (C=O) groups is 1. The van der Waals surface area contributed by atoms with Gasteiger partial charge in [-0.25, -0.2) is 14.4 Å². The summed E-state index contributed by atoms with van der Waals surface area (Å²) in [5, 5.41) is 5.87. The predicted octanol–water partition coefficient (Wildman–Crippen LogP) is 4.27. The monoisotopic (exact) mass is 342 g/mol. The van der Waals surface area contributed by atoms with E-state index in [2.05, 4.69) is 20.6 Å². The lowest BCUT2D eigenvalue weighted by Gasteiger charge is -2.08. The number of hydrogen-bond donors (Lipinski definition) is 2. The number of halogens is 2. The summed E-state index contributed by atoms with van der Waals surface area (Å²) in [7, 11) is 0. The molecule has 0 saturated heterocycles. The van der Waals surface area contributed by atoms with E-state index in [4.69, 9.17) is 11.6 Å². The molecule has 7 heteroatoms. The Balaban J connectivity index is 1.71. The van der Waals surface area contributed by atoms with Gasteiger partial charge in [0.25, 0.3) is 5.91 Å². The van der Waals surface area contributed by atoms with Crippen LogP contribution in [0.3, 0.4) is 0 Å². The van der Waals surface area contributed by atoms with Gasteiger partial charge in [-0.2, -0.15) is 0 Å². The molecule has 1 amide bonds. The van der Waals surface area contributed by atoms with Gasteiger partial charge in [0.05, 0.1) is 28.8 Å². The van der Waals surface area contributed by atoms with E-state index in [0.717, 1.165) is 0 Å². The van der Waals surface area contributed by atoms with Crippen molar-refractivity contribution in [2.24, 2.45) is 0 Å². The SMILES string of the molecule is O=C(Nc1ccccc1Cl)c1cnc(Nc2ccccc2F)cn1. The highest BCUT2D eigenvalue weighted by molar-refractivity contribution is 6.33. The van der Waals surface area contributed by atoms with Crippen LogP contribution in [0.25, 0.3) is 0 Å². The Morgan fingerprint density at radius 3 is 2.33 bits per heavy atom. The van der Waals surface area contributed by atoms with Crippen molar-refractivity contribution in [2.45, 2.75) is 0 Å². The Kier molecular flexibility index (Phi) is 4.67. The average molecular weight is 343 g/mol. The molecular formula is C17H12ClFN4O. The maximum Gasteiger partial charge on any atom is 0.275 e. The van der Waals surface area contributed by atoms with Gasteiger partial charge in [-0.1, -0.05) is 35.9 Å². The number of nitrogens with zero attached hydrogens (tertiary/aromatic N) is 2. The van der Waals surface area contributed by atoms with Gasteiger partial charge in [-0.15, -0.1) is 0 Å². The first-order valence-electron chi connectivity index (χ1n) is 7.03. The van der Waals surface area contributed by atoms with Crippen LogP contribution < -0.4 is 10.6 Å². The number of aromatic nitrogens is 2. The van der Waals surface area contributed by atoms with Crippen LogP contribution in [0.1, 0.15) is 10.5 Å². The number of amides is 1. The molecule has 5 nitrogen and oxygen atoms in total. The van der Waals surface area contributed by atoms with Gasteiger partial charge < -0.3 is 10.6 Å². The third-order valence-electron chi connectivity index (χ3n) is 3.14. The van der Waals surface area contributed by atoms with Crippen LogP contribution in [-0.4, -0.2) is 15.9 Å². The predicted molar refractivity (Wildman–Crippen MR) is 91.1 cm³/mol. The van der Waals surface area contributed by atoms with Crippen molar-refractivity contribution in [1.29, 1.82) is 0 Å². The summed E-state index contributed by atoms with van der Waals surface area (Å²) in [6.45, 7) is 0. The van der Waals surface area contributed by atoms with Gasteiger partial charge >= 0.3 is 0 Å². The fraction of sp³-hybridized carbons (Fsp3) is 0. The molecule has 0 saturated carbocycles. The highest BCUT2D eigenvalue weighted by Gasteiger charge is 2.10. The van der Waals surface area contributed by atoms with E-state index in [-0.39, 0.29) is 11.4 Å². The molecule has 0 atom stereocenters. The summed E-state index contributed by atoms with van der Waals surface area (Å²) in [4.78, 5) is 20.2. The molecule has 2 aromatic carbocycles. The number of hydrogen-bond acceptors (Lipinski definition) is 4. The van der Waals surface area contributed by atoms with E-state index < -0.39 is 11.7 Å². The van der Waals surface area contributed by atoms with E-state index >= 15 is 0 Å². The first kappa shape index (κ1) is 15.9. The van der Waals surface area contributed by atoms with Crippen LogP contribution >= 0.6 is 11.6 Å². The van der Waals surface area contributed by atoms with Crippen molar-refractivity contribution in [1.82, 2.24) is 9.97 Å². The minimum Gasteiger partial charge on any atom is -0.337 e. The first-order valence-corrected chi connectivity index (χ1v) is 7.41. The Labute approximate surface area is 142 Å². The maximum atomic E-state index is 13.6. The van der Waals surface area contributed by atoms with E-state index in [1.807, 2.05) is 0 Å². The molecule has 1 heterocycles. The normalized spacial score (nSPS) is 10.2. The molecule has 1 aromatic heterocycles. The Hall–Kier alpha value is -2.99. The average Bonchev–Trinajstić information content (AvgIpc) is 2.59. The van der Waals surface area contributed by atoms with Crippen LogP contribution in [0.5, 0.6) is 0 Å². The lowest BCUT2D eigenvalue weighted by atomic mass is 10.3. The molecular weight excluding hydrogens is 331 g/mol. The lowest BCUT2D eigenvalue weighted by Crippen LogP contribution is -2.14. The number of anilines is 3. The Bertz CT molecular complexity index is 870. The Morgan fingerprint density at radius 2 is 1.67 bits per heavy atom. The van der Waals surface area contributed by atoms with Crippen LogP contribution in [0.2, 0.25) is 5.02 Å². The van der Waals surface area contributed by atoms with Gasteiger partial charge in [-0.05, 0) is 24.3 Å². The molecule has 2 N–H and O–H groups in total. The summed E-state index contributed by atoms with van der Waals surface area (Å²) in [5.74, 6) is -0.512. The van der Waals surface area contributed by atoms with Gasteiger partial charge in [0.15, 0.2) is 0 Å². The number of rotatable bonds is 4. The standard InChI is InChI=1S/C17H12ClFN4O/c18-11-5-1-3-7-13(11)23-17(24)15-9-21-16(10-20-15)22-14-8-4-2-6-12(14)19/h1-10H,(H,21,22)(H,23,24). The van der Waals surface area contributed by atoms with Gasteiger partial charge in [-0.3, -0.25) is 4.79 Å². The van der Waals surface area contributed by atoms with Crippen molar-refractivity contribution >= 4 is 34.7 Å². The van der Waals surface area contributed by atoms with E-state index in [1.165, 1.54) is 18.5 Å². The third-order valence-corrected chi connectivity index (χ3v) is 3.47. The Morgan fingerprint density at radius 1 is 0.958 bits per heavy atom. The molecule has 0 fully saturated rings. The number of para-hydroxylation sites is 2. The molecule has 0 aliphatic carbocycles. The molecule has 0 spiro atoms. The topological polar surface area (TPSA) is 66.9 Å². The van der Waals surface area contributed by atoms with Gasteiger partial charge in [0.1, 0.15) is 17.3 Å². The van der Waals surface area contributed by atoms with E-state index in [1.54, 1.807) is 42.5 Å². The van der Waals surface area contributed by atoms with E-state index in [0.29, 0.717) is 16.5 Å². The van der Waals surface area contributed by atoms with Gasteiger partial charge in [0.2, 0.25) is 0 Å². The van der Waals surface area contributed by atoms with Crippen LogP contribution in [0.15, 0.2) is 60.9 Å². The second kappa shape index (κ2) is 7.06. The zero-order valence-corrected chi connectivity index (χ0v) is 13.1. The van der Waals surface area contributed by atoms with Gasteiger partial charge in [0, 0.05) is 0 Å². The second-order valence-electron chi connectivity index (χ2n) is 4.83. The summed E-state index contributed by atoms with van der Waals surface area (Å²) < 4.78 is 13.6. The number of benzene rings is 2. The van der Waals surface area contributed by atoms with E-state index in [9.17, 15) is 9.18 Å².